The van der Waals surface area contributed by atoms with Crippen LogP contribution in [0.2, 0.25) is 0 Å². The van der Waals surface area contributed by atoms with Crippen LogP contribution in [-0.4, -0.2) is 30.0 Å². The third kappa shape index (κ3) is 7.21. The molecule has 4 rings (SSSR count). The Hall–Kier alpha value is -2.76. The molecule has 0 radical (unpaired) electrons. The summed E-state index contributed by atoms with van der Waals surface area (Å²) in [4.78, 5) is 2.38. The summed E-state index contributed by atoms with van der Waals surface area (Å²) in [6, 6.07) is 26.2. The molecule has 0 aliphatic rings. The Labute approximate surface area is 232 Å². The van der Waals surface area contributed by atoms with Crippen LogP contribution in [0.25, 0.3) is 21.5 Å². The lowest BCUT2D eigenvalue weighted by Crippen LogP contribution is -2.33. The first-order chi connectivity index (χ1) is 18.5. The number of benzene rings is 3. The van der Waals surface area contributed by atoms with Gasteiger partial charge in [-0.1, -0.05) is 60.4 Å². The molecular formula is C32H35N2O2PS. The molecule has 196 valence electrons. The first-order valence-electron chi connectivity index (χ1n) is 13.2. The summed E-state index contributed by atoms with van der Waals surface area (Å²) in [5, 5.41) is 13.7. The van der Waals surface area contributed by atoms with E-state index in [1.54, 1.807) is 11.3 Å². The number of fused-ring (bicyclic) bond motifs is 2. The van der Waals surface area contributed by atoms with Crippen LogP contribution in [0.5, 0.6) is 0 Å². The van der Waals surface area contributed by atoms with E-state index in [1.165, 1.54) is 26.4 Å². The lowest BCUT2D eigenvalue weighted by atomic mass is 9.97. The molecule has 0 amide bonds. The first-order valence-corrected chi connectivity index (χ1v) is 15.1. The van der Waals surface area contributed by atoms with Crippen molar-refractivity contribution in [3.05, 3.63) is 82.0 Å². The van der Waals surface area contributed by atoms with Crippen LogP contribution < -0.4 is 0 Å². The molecular weight excluding hydrogens is 507 g/mol. The van der Waals surface area contributed by atoms with Crippen molar-refractivity contribution in [3.63, 3.8) is 0 Å². The molecule has 0 saturated carbocycles. The SMILES string of the molecule is CC(C)N(C(C)C)P(OCCC#N)OCCCc1ccc(C#Cc2c3ccccc3cc3ccccc23)s1. The predicted molar refractivity (Wildman–Crippen MR) is 161 cm³/mol. The zero-order valence-corrected chi connectivity index (χ0v) is 24.3. The molecule has 1 unspecified atom stereocenters. The highest BCUT2D eigenvalue weighted by Crippen LogP contribution is 2.46. The van der Waals surface area contributed by atoms with E-state index in [-0.39, 0.29) is 0 Å². The van der Waals surface area contributed by atoms with E-state index >= 15 is 0 Å². The second-order valence-electron chi connectivity index (χ2n) is 9.69. The van der Waals surface area contributed by atoms with Gasteiger partial charge in [0.05, 0.1) is 30.6 Å². The van der Waals surface area contributed by atoms with Crippen molar-refractivity contribution in [2.75, 3.05) is 13.2 Å². The van der Waals surface area contributed by atoms with Crippen LogP contribution in [0, 0.1) is 23.2 Å². The highest BCUT2D eigenvalue weighted by atomic mass is 32.1. The second kappa shape index (κ2) is 13.9. The Morgan fingerprint density at radius 2 is 1.47 bits per heavy atom. The van der Waals surface area contributed by atoms with Gasteiger partial charge in [0.1, 0.15) is 0 Å². The van der Waals surface area contributed by atoms with Gasteiger partial charge in [-0.05, 0) is 80.3 Å². The molecule has 0 N–H and O–H groups in total. The third-order valence-corrected chi connectivity index (χ3v) is 9.34. The largest absolute Gasteiger partial charge is 0.322 e. The van der Waals surface area contributed by atoms with Crippen LogP contribution in [0.3, 0.4) is 0 Å². The molecule has 3 aromatic carbocycles. The topological polar surface area (TPSA) is 45.5 Å². The zero-order valence-electron chi connectivity index (χ0n) is 22.6. The number of nitriles is 1. The van der Waals surface area contributed by atoms with Crippen molar-refractivity contribution in [2.45, 2.75) is 59.0 Å². The minimum atomic E-state index is -1.19. The average Bonchev–Trinajstić information content (AvgIpc) is 3.36. The molecule has 1 aromatic heterocycles. The smallest absolute Gasteiger partial charge is 0.259 e. The van der Waals surface area contributed by atoms with Crippen LogP contribution in [0.4, 0.5) is 0 Å². The van der Waals surface area contributed by atoms with Gasteiger partial charge in [0.2, 0.25) is 0 Å². The van der Waals surface area contributed by atoms with Crippen molar-refractivity contribution in [3.8, 4) is 17.9 Å². The summed E-state index contributed by atoms with van der Waals surface area (Å²) in [5.41, 5.74) is 1.09. The number of hydrogen-bond acceptors (Lipinski definition) is 5. The molecule has 0 saturated heterocycles. The molecule has 1 atom stereocenters. The van der Waals surface area contributed by atoms with Crippen LogP contribution in [-0.2, 0) is 15.5 Å². The van der Waals surface area contributed by atoms with Gasteiger partial charge < -0.3 is 9.05 Å². The Balaban J connectivity index is 1.41. The monoisotopic (exact) mass is 542 g/mol. The number of rotatable bonds is 11. The van der Waals surface area contributed by atoms with E-state index in [0.717, 1.165) is 23.3 Å². The second-order valence-corrected chi connectivity index (χ2v) is 12.3. The van der Waals surface area contributed by atoms with E-state index in [0.29, 0.717) is 31.7 Å². The highest BCUT2D eigenvalue weighted by Gasteiger charge is 2.26. The van der Waals surface area contributed by atoms with E-state index in [2.05, 4.69) is 117 Å². The Morgan fingerprint density at radius 3 is 2.11 bits per heavy atom. The summed E-state index contributed by atoms with van der Waals surface area (Å²) in [5.74, 6) is 6.92. The quantitative estimate of drug-likeness (QED) is 0.0823. The van der Waals surface area contributed by atoms with Gasteiger partial charge in [0.15, 0.2) is 0 Å². The minimum Gasteiger partial charge on any atom is -0.322 e. The van der Waals surface area contributed by atoms with Gasteiger partial charge >= 0.3 is 0 Å². The predicted octanol–water partition coefficient (Wildman–Crippen LogP) is 8.68. The summed E-state index contributed by atoms with van der Waals surface area (Å²) >= 11 is 1.75. The van der Waals surface area contributed by atoms with Crippen LogP contribution in [0.15, 0.2) is 66.7 Å². The zero-order chi connectivity index (χ0) is 26.9. The number of nitrogens with zero attached hydrogens (tertiary/aromatic N) is 2. The van der Waals surface area contributed by atoms with Gasteiger partial charge in [-0.25, -0.2) is 4.67 Å². The maximum Gasteiger partial charge on any atom is 0.259 e. The molecule has 1 heterocycles. The lowest BCUT2D eigenvalue weighted by Gasteiger charge is -2.35. The normalized spacial score (nSPS) is 12.3. The van der Waals surface area contributed by atoms with Crippen molar-refractivity contribution in [1.82, 2.24) is 4.67 Å². The Morgan fingerprint density at radius 1 is 0.842 bits per heavy atom. The number of aryl methyl sites for hydroxylation is 1. The lowest BCUT2D eigenvalue weighted by molar-refractivity contribution is 0.175. The van der Waals surface area contributed by atoms with Crippen molar-refractivity contribution in [1.29, 1.82) is 5.26 Å². The minimum absolute atomic E-state index is 0.306. The van der Waals surface area contributed by atoms with E-state index in [1.807, 2.05) is 0 Å². The molecule has 0 bridgehead atoms. The highest BCUT2D eigenvalue weighted by molar-refractivity contribution is 7.44. The summed E-state index contributed by atoms with van der Waals surface area (Å²) in [7, 11) is -1.19. The van der Waals surface area contributed by atoms with Gasteiger partial charge in [0.25, 0.3) is 8.53 Å². The van der Waals surface area contributed by atoms with Crippen molar-refractivity contribution >= 4 is 41.4 Å². The van der Waals surface area contributed by atoms with Crippen molar-refractivity contribution < 1.29 is 9.05 Å². The van der Waals surface area contributed by atoms with E-state index < -0.39 is 8.53 Å². The summed E-state index contributed by atoms with van der Waals surface area (Å²) < 4.78 is 14.5. The molecule has 4 aromatic rings. The number of hydrogen-bond donors (Lipinski definition) is 0. The standard InChI is InChI=1S/C32H35N2O2PS/c1-24(2)34(25(3)4)37(36-22-10-20-33)35-21-9-13-28-16-17-29(38-28)18-19-32-30-14-7-5-11-26(30)23-27-12-6-8-15-31(27)32/h5-8,11-12,14-17,23-25H,9-10,13,21-22H2,1-4H3. The fourth-order valence-corrected chi connectivity index (χ4v) is 7.09. The molecule has 0 fully saturated rings. The maximum absolute atomic E-state index is 8.89. The summed E-state index contributed by atoms with van der Waals surface area (Å²) in [6.45, 7) is 9.64. The summed E-state index contributed by atoms with van der Waals surface area (Å²) in [6.07, 6.45) is 2.22. The molecule has 6 heteroatoms. The Kier molecular flexibility index (Phi) is 10.3. The molecule has 0 spiro atoms. The fraction of sp³-hybridized carbons (Fsp3) is 0.344. The van der Waals surface area contributed by atoms with E-state index in [9.17, 15) is 0 Å². The van der Waals surface area contributed by atoms with E-state index in [4.69, 9.17) is 14.3 Å². The Bertz CT molecular complexity index is 1400. The van der Waals surface area contributed by atoms with Crippen LogP contribution in [0.1, 0.15) is 55.9 Å². The van der Waals surface area contributed by atoms with Gasteiger partial charge in [-0.3, -0.25) is 0 Å². The third-order valence-electron chi connectivity index (χ3n) is 6.18. The van der Waals surface area contributed by atoms with Gasteiger partial charge in [0, 0.05) is 22.5 Å². The maximum atomic E-state index is 8.89. The van der Waals surface area contributed by atoms with Gasteiger partial charge in [-0.15, -0.1) is 11.3 Å². The molecule has 0 aliphatic heterocycles. The first kappa shape index (κ1) is 28.3. The fourth-order valence-electron chi connectivity index (χ4n) is 4.55. The molecule has 4 nitrogen and oxygen atoms in total. The molecule has 38 heavy (non-hydrogen) atoms. The number of thiophene rings is 1. The van der Waals surface area contributed by atoms with Crippen molar-refractivity contribution in [2.24, 2.45) is 0 Å². The molecule has 0 aliphatic carbocycles. The van der Waals surface area contributed by atoms with Crippen LogP contribution >= 0.6 is 19.9 Å². The average molecular weight is 543 g/mol. The van der Waals surface area contributed by atoms with Gasteiger partial charge in [-0.2, -0.15) is 5.26 Å².